The Bertz CT molecular complexity index is 621. The number of carbonyl (C=O) groups is 2. The second kappa shape index (κ2) is 7.23. The van der Waals surface area contributed by atoms with E-state index in [1.165, 1.54) is 17.7 Å². The van der Waals surface area contributed by atoms with Crippen molar-refractivity contribution < 1.29 is 23.1 Å². The number of carboxylic acids is 1. The van der Waals surface area contributed by atoms with Crippen LogP contribution in [-0.4, -0.2) is 43.1 Å². The summed E-state index contributed by atoms with van der Waals surface area (Å²) in [7, 11) is -3.80. The minimum Gasteiger partial charge on any atom is -0.477 e. The molecule has 0 spiro atoms. The summed E-state index contributed by atoms with van der Waals surface area (Å²) in [5, 5.41) is 11.5. The zero-order valence-corrected chi connectivity index (χ0v) is 12.7. The Morgan fingerprint density at radius 3 is 2.52 bits per heavy atom. The number of hydrogen-bond donors (Lipinski definition) is 3. The van der Waals surface area contributed by atoms with Crippen LogP contribution in [0.1, 0.15) is 30.8 Å². The molecule has 1 amide bonds. The molecule has 0 saturated carbocycles. The second-order valence-electron chi connectivity index (χ2n) is 4.44. The lowest BCUT2D eigenvalue weighted by molar-refractivity contribution is -0.118. The predicted octanol–water partition coefficient (Wildman–Crippen LogP) is 0.0107. The second-order valence-corrected chi connectivity index (χ2v) is 6.21. The molecule has 3 N–H and O–H groups in total. The molecule has 0 fully saturated rings. The van der Waals surface area contributed by atoms with E-state index in [4.69, 9.17) is 5.11 Å². The molecular formula is C12H19N3O5S. The van der Waals surface area contributed by atoms with Crippen LogP contribution >= 0.6 is 0 Å². The fourth-order valence-corrected chi connectivity index (χ4v) is 2.81. The van der Waals surface area contributed by atoms with Gasteiger partial charge in [0.25, 0.3) is 0 Å². The number of aromatic nitrogens is 1. The van der Waals surface area contributed by atoms with E-state index >= 15 is 0 Å². The maximum atomic E-state index is 12.0. The van der Waals surface area contributed by atoms with Gasteiger partial charge in [-0.15, -0.1) is 0 Å². The molecular weight excluding hydrogens is 298 g/mol. The zero-order valence-electron chi connectivity index (χ0n) is 11.9. The summed E-state index contributed by atoms with van der Waals surface area (Å²) in [5.74, 6) is -1.43. The van der Waals surface area contributed by atoms with Crippen LogP contribution in [-0.2, 0) is 21.4 Å². The molecule has 9 heteroatoms. The summed E-state index contributed by atoms with van der Waals surface area (Å²) in [6.45, 7) is 3.81. The number of aryl methyl sites for hydroxylation is 1. The Morgan fingerprint density at radius 2 is 2.00 bits per heavy atom. The van der Waals surface area contributed by atoms with E-state index in [1.807, 2.05) is 6.92 Å². The van der Waals surface area contributed by atoms with Gasteiger partial charge in [-0.3, -0.25) is 4.79 Å². The van der Waals surface area contributed by atoms with Crippen molar-refractivity contribution in [3.05, 3.63) is 18.0 Å². The molecule has 1 heterocycles. The number of amides is 1. The van der Waals surface area contributed by atoms with Gasteiger partial charge in [0, 0.05) is 32.8 Å². The fraction of sp³-hybridized carbons (Fsp3) is 0.500. The van der Waals surface area contributed by atoms with Crippen LogP contribution in [0.15, 0.2) is 17.2 Å². The molecule has 0 bridgehead atoms. The van der Waals surface area contributed by atoms with Gasteiger partial charge in [-0.05, 0) is 12.5 Å². The van der Waals surface area contributed by atoms with Crippen LogP contribution in [0.5, 0.6) is 0 Å². The van der Waals surface area contributed by atoms with Crippen LogP contribution in [0.25, 0.3) is 0 Å². The molecule has 0 atom stereocenters. The topological polar surface area (TPSA) is 118 Å². The van der Waals surface area contributed by atoms with Crippen molar-refractivity contribution in [2.45, 2.75) is 31.7 Å². The highest BCUT2D eigenvalue weighted by Gasteiger charge is 2.20. The number of carboxylic acid groups (broad SMARTS) is 1. The number of aromatic carboxylic acids is 1. The van der Waals surface area contributed by atoms with E-state index in [0.29, 0.717) is 13.0 Å². The Kier molecular flexibility index (Phi) is 5.91. The van der Waals surface area contributed by atoms with Crippen LogP contribution in [0.4, 0.5) is 0 Å². The van der Waals surface area contributed by atoms with Crippen molar-refractivity contribution in [1.82, 2.24) is 14.6 Å². The first-order valence-electron chi connectivity index (χ1n) is 6.45. The molecule has 0 aromatic carbocycles. The van der Waals surface area contributed by atoms with E-state index in [-0.39, 0.29) is 29.6 Å². The third-order valence-corrected chi connectivity index (χ3v) is 4.08. The highest BCUT2D eigenvalue weighted by Crippen LogP contribution is 2.15. The van der Waals surface area contributed by atoms with E-state index in [2.05, 4.69) is 10.0 Å². The Balaban J connectivity index is 2.85. The molecule has 0 aliphatic carbocycles. The van der Waals surface area contributed by atoms with Gasteiger partial charge >= 0.3 is 5.97 Å². The number of sulfonamides is 1. The standard InChI is InChI=1S/C12H19N3O5S/c1-3-6-15-8-10(7-11(15)12(17)18)21(19,20)14-5-4-13-9(2)16/h7-8,14H,3-6H2,1-2H3,(H,13,16)(H,17,18). The van der Waals surface area contributed by atoms with Crippen molar-refractivity contribution in [3.8, 4) is 0 Å². The summed E-state index contributed by atoms with van der Waals surface area (Å²) < 4.78 is 27.8. The first kappa shape index (κ1) is 17.2. The van der Waals surface area contributed by atoms with Gasteiger partial charge in [-0.1, -0.05) is 6.92 Å². The van der Waals surface area contributed by atoms with Gasteiger partial charge < -0.3 is 15.0 Å². The quantitative estimate of drug-likeness (QED) is 0.584. The van der Waals surface area contributed by atoms with Crippen molar-refractivity contribution in [2.75, 3.05) is 13.1 Å². The lowest BCUT2D eigenvalue weighted by atomic mass is 10.4. The minimum atomic E-state index is -3.80. The fourth-order valence-electron chi connectivity index (χ4n) is 1.74. The lowest BCUT2D eigenvalue weighted by Crippen LogP contribution is -2.33. The van der Waals surface area contributed by atoms with E-state index in [9.17, 15) is 18.0 Å². The SMILES string of the molecule is CCCn1cc(S(=O)(=O)NCCNC(C)=O)cc1C(=O)O. The van der Waals surface area contributed by atoms with Crippen LogP contribution in [0.2, 0.25) is 0 Å². The number of nitrogens with zero attached hydrogens (tertiary/aromatic N) is 1. The lowest BCUT2D eigenvalue weighted by Gasteiger charge is -2.05. The largest absolute Gasteiger partial charge is 0.477 e. The Hall–Kier alpha value is -1.87. The maximum Gasteiger partial charge on any atom is 0.352 e. The highest BCUT2D eigenvalue weighted by atomic mass is 32.2. The molecule has 0 radical (unpaired) electrons. The third kappa shape index (κ3) is 4.87. The normalized spacial score (nSPS) is 11.3. The number of hydrogen-bond acceptors (Lipinski definition) is 4. The van der Waals surface area contributed by atoms with Crippen LogP contribution in [0.3, 0.4) is 0 Å². The average Bonchev–Trinajstić information content (AvgIpc) is 2.80. The Labute approximate surface area is 123 Å². The summed E-state index contributed by atoms with van der Waals surface area (Å²) in [4.78, 5) is 21.7. The monoisotopic (exact) mass is 317 g/mol. The smallest absolute Gasteiger partial charge is 0.352 e. The molecule has 21 heavy (non-hydrogen) atoms. The van der Waals surface area contributed by atoms with Crippen molar-refractivity contribution >= 4 is 21.9 Å². The average molecular weight is 317 g/mol. The minimum absolute atomic E-state index is 0.0310. The van der Waals surface area contributed by atoms with Gasteiger partial charge in [-0.25, -0.2) is 17.9 Å². The first-order valence-corrected chi connectivity index (χ1v) is 7.93. The maximum absolute atomic E-state index is 12.0. The molecule has 0 aliphatic heterocycles. The summed E-state index contributed by atoms with van der Waals surface area (Å²) in [6.07, 6.45) is 1.98. The zero-order chi connectivity index (χ0) is 16.0. The van der Waals surface area contributed by atoms with Crippen molar-refractivity contribution in [3.63, 3.8) is 0 Å². The molecule has 1 aromatic heterocycles. The molecule has 1 rings (SSSR count). The summed E-state index contributed by atoms with van der Waals surface area (Å²) in [6, 6.07) is 1.12. The highest BCUT2D eigenvalue weighted by molar-refractivity contribution is 7.89. The van der Waals surface area contributed by atoms with Gasteiger partial charge in [0.05, 0.1) is 0 Å². The van der Waals surface area contributed by atoms with Gasteiger partial charge in [0.1, 0.15) is 10.6 Å². The summed E-state index contributed by atoms with van der Waals surface area (Å²) in [5.41, 5.74) is -0.0703. The number of rotatable bonds is 8. The molecule has 0 aliphatic rings. The number of carbonyl (C=O) groups excluding carboxylic acids is 1. The molecule has 118 valence electrons. The van der Waals surface area contributed by atoms with Gasteiger partial charge in [0.15, 0.2) is 0 Å². The van der Waals surface area contributed by atoms with Gasteiger partial charge in [0.2, 0.25) is 15.9 Å². The van der Waals surface area contributed by atoms with Crippen molar-refractivity contribution in [2.24, 2.45) is 0 Å². The molecule has 8 nitrogen and oxygen atoms in total. The first-order chi connectivity index (χ1) is 9.77. The van der Waals surface area contributed by atoms with Crippen LogP contribution in [0, 0.1) is 0 Å². The summed E-state index contributed by atoms with van der Waals surface area (Å²) >= 11 is 0. The van der Waals surface area contributed by atoms with Crippen molar-refractivity contribution in [1.29, 1.82) is 0 Å². The van der Waals surface area contributed by atoms with E-state index in [0.717, 1.165) is 6.07 Å². The number of nitrogens with one attached hydrogen (secondary N) is 2. The third-order valence-electron chi connectivity index (χ3n) is 2.66. The molecule has 0 unspecified atom stereocenters. The Morgan fingerprint density at radius 1 is 1.33 bits per heavy atom. The van der Waals surface area contributed by atoms with Crippen LogP contribution < -0.4 is 10.0 Å². The molecule has 1 aromatic rings. The van der Waals surface area contributed by atoms with E-state index < -0.39 is 16.0 Å². The predicted molar refractivity (Wildman–Crippen MR) is 75.6 cm³/mol. The molecule has 0 saturated heterocycles. The van der Waals surface area contributed by atoms with E-state index in [1.54, 1.807) is 0 Å². The van der Waals surface area contributed by atoms with Gasteiger partial charge in [-0.2, -0.15) is 0 Å².